The van der Waals surface area contributed by atoms with Crippen LogP contribution in [-0.2, 0) is 4.79 Å². The molecule has 2 N–H and O–H groups in total. The number of nitrogens with zero attached hydrogens (tertiary/aromatic N) is 3. The van der Waals surface area contributed by atoms with E-state index >= 15 is 0 Å². The molecular formula is C29H29N5O4. The highest BCUT2D eigenvalue weighted by Gasteiger charge is 2.35. The lowest BCUT2D eigenvalue weighted by molar-refractivity contribution is -0.113. The number of amides is 1. The van der Waals surface area contributed by atoms with Gasteiger partial charge in [-0.25, -0.2) is 4.68 Å². The molecule has 5 rings (SSSR count). The van der Waals surface area contributed by atoms with E-state index in [2.05, 4.69) is 10.6 Å². The average Bonchev–Trinajstić information content (AvgIpc) is 3.36. The van der Waals surface area contributed by atoms with Crippen LogP contribution in [-0.4, -0.2) is 42.0 Å². The topological polar surface area (TPSA) is 99.5 Å². The molecule has 1 unspecified atom stereocenters. The van der Waals surface area contributed by atoms with Crippen molar-refractivity contribution in [3.05, 3.63) is 89.1 Å². The summed E-state index contributed by atoms with van der Waals surface area (Å²) in [6, 6.07) is 20.3. The number of fused-ring (bicyclic) bond motifs is 1. The molecule has 1 amide bonds. The summed E-state index contributed by atoms with van der Waals surface area (Å²) in [5.41, 5.74) is 4.52. The Kier molecular flexibility index (Phi) is 6.74. The summed E-state index contributed by atoms with van der Waals surface area (Å²) < 4.78 is 18.2. The van der Waals surface area contributed by atoms with Gasteiger partial charge >= 0.3 is 0 Å². The predicted octanol–water partition coefficient (Wildman–Crippen LogP) is 5.21. The Hall–Kier alpha value is -4.79. The SMILES string of the molecule is COc1ccccc1NC(=O)C1=C(C)Nc2nc(-c3ccc(C)cc3)nn2C1c1ccc(OC)c(OC)c1. The molecular weight excluding hydrogens is 482 g/mol. The van der Waals surface area contributed by atoms with Crippen LogP contribution >= 0.6 is 0 Å². The van der Waals surface area contributed by atoms with E-state index in [1.807, 2.05) is 68.4 Å². The molecule has 0 aliphatic carbocycles. The molecule has 194 valence electrons. The third-order valence-corrected chi connectivity index (χ3v) is 6.49. The monoisotopic (exact) mass is 511 g/mol. The number of benzene rings is 3. The van der Waals surface area contributed by atoms with E-state index in [4.69, 9.17) is 24.3 Å². The van der Waals surface area contributed by atoms with Crippen molar-refractivity contribution in [2.75, 3.05) is 32.0 Å². The fourth-order valence-corrected chi connectivity index (χ4v) is 4.54. The molecule has 9 heteroatoms. The Morgan fingerprint density at radius 3 is 2.32 bits per heavy atom. The summed E-state index contributed by atoms with van der Waals surface area (Å²) in [6.45, 7) is 3.89. The lowest BCUT2D eigenvalue weighted by Gasteiger charge is -2.29. The molecule has 0 radical (unpaired) electrons. The highest BCUT2D eigenvalue weighted by molar-refractivity contribution is 6.06. The molecule has 9 nitrogen and oxygen atoms in total. The fraction of sp³-hybridized carbons (Fsp3) is 0.207. The number of nitrogens with one attached hydrogen (secondary N) is 2. The standard InChI is InChI=1S/C29H29N5O4/c1-17-10-12-19(13-11-17)27-32-29-30-18(2)25(28(35)31-21-8-6-7-9-22(21)36-3)26(34(29)33-27)20-14-15-23(37-4)24(16-20)38-5/h6-16,26H,1-5H3,(H,31,35)(H,30,32,33). The van der Waals surface area contributed by atoms with E-state index in [-0.39, 0.29) is 5.91 Å². The zero-order valence-electron chi connectivity index (χ0n) is 21.9. The molecule has 38 heavy (non-hydrogen) atoms. The smallest absolute Gasteiger partial charge is 0.255 e. The largest absolute Gasteiger partial charge is 0.495 e. The van der Waals surface area contributed by atoms with Crippen LogP contribution in [0.15, 0.2) is 78.0 Å². The number of hydrogen-bond donors (Lipinski definition) is 2. The molecule has 0 saturated carbocycles. The van der Waals surface area contributed by atoms with Gasteiger partial charge in [0, 0.05) is 11.3 Å². The van der Waals surface area contributed by atoms with Crippen molar-refractivity contribution in [2.45, 2.75) is 19.9 Å². The molecule has 1 atom stereocenters. The van der Waals surface area contributed by atoms with Gasteiger partial charge in [0.25, 0.3) is 5.91 Å². The number of rotatable bonds is 7. The van der Waals surface area contributed by atoms with Crippen LogP contribution in [0.1, 0.15) is 24.1 Å². The van der Waals surface area contributed by atoms with Gasteiger partial charge < -0.3 is 24.8 Å². The number of hydrogen-bond acceptors (Lipinski definition) is 7. The van der Waals surface area contributed by atoms with Crippen LogP contribution in [0, 0.1) is 6.92 Å². The van der Waals surface area contributed by atoms with E-state index in [1.165, 1.54) is 0 Å². The quantitative estimate of drug-likeness (QED) is 0.352. The minimum atomic E-state index is -0.590. The summed E-state index contributed by atoms with van der Waals surface area (Å²) in [6.07, 6.45) is 0. The van der Waals surface area contributed by atoms with Crippen molar-refractivity contribution in [3.8, 4) is 28.6 Å². The minimum absolute atomic E-state index is 0.294. The van der Waals surface area contributed by atoms with E-state index in [0.29, 0.717) is 46.0 Å². The number of aryl methyl sites for hydroxylation is 1. The van der Waals surface area contributed by atoms with E-state index in [9.17, 15) is 4.79 Å². The second-order valence-corrected chi connectivity index (χ2v) is 8.90. The van der Waals surface area contributed by atoms with E-state index in [0.717, 1.165) is 16.7 Å². The summed E-state index contributed by atoms with van der Waals surface area (Å²) in [7, 11) is 4.73. The first-order valence-corrected chi connectivity index (χ1v) is 12.1. The number of anilines is 2. The van der Waals surface area contributed by atoms with Gasteiger partial charge in [-0.05, 0) is 43.7 Å². The molecule has 1 aliphatic heterocycles. The van der Waals surface area contributed by atoms with Gasteiger partial charge in [-0.2, -0.15) is 4.98 Å². The van der Waals surface area contributed by atoms with Crippen LogP contribution in [0.3, 0.4) is 0 Å². The maximum absolute atomic E-state index is 13.8. The first-order valence-electron chi connectivity index (χ1n) is 12.1. The number of ether oxygens (including phenoxy) is 3. The third-order valence-electron chi connectivity index (χ3n) is 6.49. The normalized spacial score (nSPS) is 14.4. The van der Waals surface area contributed by atoms with Gasteiger partial charge in [0.05, 0.1) is 32.6 Å². The minimum Gasteiger partial charge on any atom is -0.495 e. The molecule has 4 aromatic rings. The lowest BCUT2D eigenvalue weighted by atomic mass is 9.94. The van der Waals surface area contributed by atoms with E-state index < -0.39 is 6.04 Å². The molecule has 0 bridgehead atoms. The Morgan fingerprint density at radius 1 is 0.895 bits per heavy atom. The molecule has 2 heterocycles. The van der Waals surface area contributed by atoms with Gasteiger partial charge in [-0.3, -0.25) is 4.79 Å². The van der Waals surface area contributed by atoms with Crippen molar-refractivity contribution < 1.29 is 19.0 Å². The fourth-order valence-electron chi connectivity index (χ4n) is 4.54. The van der Waals surface area contributed by atoms with Crippen molar-refractivity contribution in [1.82, 2.24) is 14.8 Å². The number of carbonyl (C=O) groups excluding carboxylic acids is 1. The number of para-hydroxylation sites is 2. The highest BCUT2D eigenvalue weighted by atomic mass is 16.5. The average molecular weight is 512 g/mol. The summed E-state index contributed by atoms with van der Waals surface area (Å²) in [5, 5.41) is 11.1. The Bertz CT molecular complexity index is 1520. The number of aromatic nitrogens is 3. The number of methoxy groups -OCH3 is 3. The first-order chi connectivity index (χ1) is 18.4. The van der Waals surface area contributed by atoms with Crippen LogP contribution in [0.25, 0.3) is 11.4 Å². The van der Waals surface area contributed by atoms with Gasteiger partial charge in [0.1, 0.15) is 11.8 Å². The Morgan fingerprint density at radius 2 is 1.61 bits per heavy atom. The zero-order valence-corrected chi connectivity index (χ0v) is 21.9. The van der Waals surface area contributed by atoms with Gasteiger partial charge in [-0.15, -0.1) is 5.10 Å². The van der Waals surface area contributed by atoms with Crippen LogP contribution in [0.5, 0.6) is 17.2 Å². The summed E-state index contributed by atoms with van der Waals surface area (Å²) in [5.74, 6) is 2.49. The van der Waals surface area contributed by atoms with Crippen LogP contribution in [0.4, 0.5) is 11.6 Å². The maximum Gasteiger partial charge on any atom is 0.255 e. The number of carbonyl (C=O) groups is 1. The van der Waals surface area contributed by atoms with Crippen molar-refractivity contribution in [1.29, 1.82) is 0 Å². The summed E-state index contributed by atoms with van der Waals surface area (Å²) >= 11 is 0. The third kappa shape index (κ3) is 4.54. The second-order valence-electron chi connectivity index (χ2n) is 8.90. The van der Waals surface area contributed by atoms with Crippen molar-refractivity contribution >= 4 is 17.5 Å². The lowest BCUT2D eigenvalue weighted by Crippen LogP contribution is -2.31. The molecule has 0 saturated heterocycles. The molecule has 0 spiro atoms. The summed E-state index contributed by atoms with van der Waals surface area (Å²) in [4.78, 5) is 18.6. The highest BCUT2D eigenvalue weighted by Crippen LogP contribution is 2.40. The number of allylic oxidation sites excluding steroid dienone is 1. The zero-order chi connectivity index (χ0) is 26.8. The molecule has 1 aliphatic rings. The Labute approximate surface area is 221 Å². The predicted molar refractivity (Wildman–Crippen MR) is 146 cm³/mol. The maximum atomic E-state index is 13.8. The molecule has 1 aromatic heterocycles. The first kappa shape index (κ1) is 24.9. The van der Waals surface area contributed by atoms with Gasteiger partial charge in [0.15, 0.2) is 17.3 Å². The molecule has 3 aromatic carbocycles. The van der Waals surface area contributed by atoms with Crippen LogP contribution < -0.4 is 24.8 Å². The van der Waals surface area contributed by atoms with Crippen molar-refractivity contribution in [2.24, 2.45) is 0 Å². The van der Waals surface area contributed by atoms with Crippen molar-refractivity contribution in [3.63, 3.8) is 0 Å². The van der Waals surface area contributed by atoms with Gasteiger partial charge in [-0.1, -0.05) is 48.0 Å². The molecule has 0 fully saturated rings. The van der Waals surface area contributed by atoms with Gasteiger partial charge in [0.2, 0.25) is 5.95 Å². The van der Waals surface area contributed by atoms with E-state index in [1.54, 1.807) is 38.1 Å². The van der Waals surface area contributed by atoms with Crippen LogP contribution in [0.2, 0.25) is 0 Å². The Balaban J connectivity index is 1.63. The second kappa shape index (κ2) is 10.3.